The smallest absolute Gasteiger partial charge is 1.00 e. The summed E-state index contributed by atoms with van der Waals surface area (Å²) in [5, 5.41) is 0. The Labute approximate surface area is 199 Å². The Morgan fingerprint density at radius 3 is 2.08 bits per heavy atom. The first kappa shape index (κ1) is 23.8. The van der Waals surface area contributed by atoms with Gasteiger partial charge in [-0.05, 0) is 0 Å². The van der Waals surface area contributed by atoms with Crippen LogP contribution in [0.3, 0.4) is 0 Å². The minimum absolute atomic E-state index is 0. The van der Waals surface area contributed by atoms with Gasteiger partial charge in [0.1, 0.15) is 0 Å². The van der Waals surface area contributed by atoms with Crippen molar-refractivity contribution in [2.45, 2.75) is 52.1 Å². The molecule has 3 heteroatoms. The predicted molar refractivity (Wildman–Crippen MR) is 96.9 cm³/mol. The van der Waals surface area contributed by atoms with Gasteiger partial charge in [0.25, 0.3) is 0 Å². The number of hydrogen-bond donors (Lipinski definition) is 0. The second-order valence-corrected chi connectivity index (χ2v) is 11.2. The third-order valence-electron chi connectivity index (χ3n) is 5.98. The van der Waals surface area contributed by atoms with Crippen LogP contribution in [-0.2, 0) is 23.2 Å². The molecule has 2 aliphatic carbocycles. The maximum absolute atomic E-state index is 2.48. The van der Waals surface area contributed by atoms with Gasteiger partial charge in [-0.25, -0.2) is 0 Å². The molecule has 0 aromatic heterocycles. The van der Waals surface area contributed by atoms with Crippen molar-refractivity contribution in [3.05, 3.63) is 61.0 Å². The number of allylic oxidation sites excluding steroid dienone is 5. The summed E-state index contributed by atoms with van der Waals surface area (Å²) in [5.74, 6) is 0.647. The molecular weight excluding hydrogens is 609 g/mol. The quantitative estimate of drug-likeness (QED) is 0.425. The molecule has 1 aromatic rings. The van der Waals surface area contributed by atoms with E-state index in [1.54, 1.807) is 27.9 Å². The second-order valence-electron chi connectivity index (χ2n) is 7.88. The van der Waals surface area contributed by atoms with Crippen molar-refractivity contribution in [2.24, 2.45) is 11.3 Å². The maximum atomic E-state index is 2.48. The Morgan fingerprint density at radius 2 is 1.56 bits per heavy atom. The first-order valence-electron chi connectivity index (χ1n) is 8.71. The van der Waals surface area contributed by atoms with Crippen molar-refractivity contribution < 1.29 is 71.2 Å². The number of rotatable bonds is 3. The number of fused-ring (bicyclic) bond motifs is 1. The van der Waals surface area contributed by atoms with E-state index in [2.05, 4.69) is 78.8 Å². The van der Waals surface area contributed by atoms with E-state index in [1.165, 1.54) is 5.56 Å². The zero-order valence-corrected chi connectivity index (χ0v) is 23.1. The molecule has 25 heavy (non-hydrogen) atoms. The molecule has 2 aliphatic rings. The molecule has 1 aromatic carbocycles. The number of halogens is 2. The van der Waals surface area contributed by atoms with Crippen molar-refractivity contribution in [1.29, 1.82) is 0 Å². The van der Waals surface area contributed by atoms with Crippen molar-refractivity contribution >= 4 is 6.08 Å². The summed E-state index contributed by atoms with van der Waals surface area (Å²) in [6.45, 7) is 16.6. The minimum atomic E-state index is -0.726. The Kier molecular flexibility index (Phi) is 8.44. The molecule has 0 amide bonds. The summed E-state index contributed by atoms with van der Waals surface area (Å²) in [7, 11) is 0. The van der Waals surface area contributed by atoms with Crippen LogP contribution in [0, 0.1) is 11.3 Å². The Bertz CT molecular complexity index is 751. The zero-order valence-electron chi connectivity index (χ0n) is 16.3. The molecule has 0 N–H and O–H groups in total. The second kappa shape index (κ2) is 8.86. The molecule has 0 spiro atoms. The molecule has 0 nitrogen and oxygen atoms in total. The van der Waals surface area contributed by atoms with Crippen LogP contribution in [0.4, 0.5) is 0 Å². The topological polar surface area (TPSA) is 0 Å². The van der Waals surface area contributed by atoms with Gasteiger partial charge >= 0.3 is 154 Å². The van der Waals surface area contributed by atoms with Gasteiger partial charge in [-0.2, -0.15) is 0 Å². The van der Waals surface area contributed by atoms with Gasteiger partial charge in [0.05, 0.1) is 0 Å². The van der Waals surface area contributed by atoms with Crippen LogP contribution in [0.5, 0.6) is 0 Å². The third-order valence-corrected chi connectivity index (χ3v) is 11.4. The van der Waals surface area contributed by atoms with Crippen LogP contribution in [0.15, 0.2) is 49.8 Å². The molecule has 1 atom stereocenters. The van der Waals surface area contributed by atoms with E-state index in [4.69, 9.17) is 0 Å². The molecule has 134 valence electrons. The molecule has 0 fully saturated rings. The molecule has 0 aliphatic heterocycles. The summed E-state index contributed by atoms with van der Waals surface area (Å²) in [6.07, 6.45) is 2.48. The molecule has 0 bridgehead atoms. The van der Waals surface area contributed by atoms with E-state index in [0.717, 1.165) is 3.63 Å². The molecule has 0 saturated carbocycles. The fraction of sp³-hybridized carbons (Fsp3) is 0.455. The molecule has 0 heterocycles. The van der Waals surface area contributed by atoms with Gasteiger partial charge < -0.3 is 48.0 Å². The fourth-order valence-electron chi connectivity index (χ4n) is 4.04. The van der Waals surface area contributed by atoms with Crippen LogP contribution < -0.4 is 48.0 Å². The van der Waals surface area contributed by atoms with E-state index in [0.29, 0.717) is 5.92 Å². The summed E-state index contributed by atoms with van der Waals surface area (Å²) in [6, 6.07) is 9.07. The van der Waals surface area contributed by atoms with Crippen molar-refractivity contribution in [3.63, 3.8) is 0 Å². The normalized spacial score (nSPS) is 20.8. The fourth-order valence-corrected chi connectivity index (χ4v) is 9.55. The predicted octanol–water partition coefficient (Wildman–Crippen LogP) is 0.521. The molecular formula is C22H28I2Zr. The van der Waals surface area contributed by atoms with E-state index in [-0.39, 0.29) is 53.4 Å². The van der Waals surface area contributed by atoms with Gasteiger partial charge in [-0.3, -0.25) is 0 Å². The van der Waals surface area contributed by atoms with Gasteiger partial charge in [-0.15, -0.1) is 0 Å². The molecule has 0 saturated heterocycles. The number of hydrogen-bond acceptors (Lipinski definition) is 0. The van der Waals surface area contributed by atoms with Crippen LogP contribution in [0.25, 0.3) is 6.08 Å². The Hall–Kier alpha value is 0.783. The van der Waals surface area contributed by atoms with Gasteiger partial charge in [0.2, 0.25) is 0 Å². The average Bonchev–Trinajstić information content (AvgIpc) is 2.94. The van der Waals surface area contributed by atoms with Crippen molar-refractivity contribution in [2.75, 3.05) is 0 Å². The Balaban J connectivity index is 0.00000156. The largest absolute Gasteiger partial charge is 1.00 e. The van der Waals surface area contributed by atoms with Crippen molar-refractivity contribution in [1.82, 2.24) is 0 Å². The van der Waals surface area contributed by atoms with Gasteiger partial charge in [0, 0.05) is 0 Å². The summed E-state index contributed by atoms with van der Waals surface area (Å²) in [5.41, 5.74) is 9.76. The van der Waals surface area contributed by atoms with E-state index in [9.17, 15) is 0 Å². The summed E-state index contributed by atoms with van der Waals surface area (Å²) >= 11 is -0.726. The van der Waals surface area contributed by atoms with Crippen molar-refractivity contribution in [3.8, 4) is 0 Å². The molecule has 3 rings (SSSR count). The Morgan fingerprint density at radius 1 is 0.960 bits per heavy atom. The van der Waals surface area contributed by atoms with Crippen LogP contribution in [-0.4, -0.2) is 0 Å². The molecule has 1 unspecified atom stereocenters. The third kappa shape index (κ3) is 4.13. The standard InChI is InChI=1S/C12H13.C10H15.2HI.Zr/c1-9(2)12-7-10-5-3-4-6-11(10)8-12;1-7-6-10(4,5)9(3)8(7)2;;;/h3-9H,1-2H3;1-5H3;2*1H;/q;;;;+2/p-2. The van der Waals surface area contributed by atoms with E-state index in [1.807, 2.05) is 3.28 Å². The number of benzene rings is 1. The SMILES string of the molecule is CC1=C(C)C(C)(C)[C]([Zr+2][CH]2C(C(C)C)=Cc3ccccc32)=C1C.[I-].[I-]. The summed E-state index contributed by atoms with van der Waals surface area (Å²) in [4.78, 5) is 0. The van der Waals surface area contributed by atoms with E-state index >= 15 is 0 Å². The minimum Gasteiger partial charge on any atom is -1.00 e. The first-order chi connectivity index (χ1) is 10.7. The monoisotopic (exact) mass is 636 g/mol. The van der Waals surface area contributed by atoms with Gasteiger partial charge in [0.15, 0.2) is 0 Å². The van der Waals surface area contributed by atoms with Crippen LogP contribution >= 0.6 is 0 Å². The van der Waals surface area contributed by atoms with Crippen LogP contribution in [0.2, 0.25) is 0 Å². The molecule has 0 radical (unpaired) electrons. The maximum Gasteiger partial charge on any atom is -1.00 e. The summed E-state index contributed by atoms with van der Waals surface area (Å²) < 4.78 is 2.53. The van der Waals surface area contributed by atoms with Gasteiger partial charge in [-0.1, -0.05) is 0 Å². The van der Waals surface area contributed by atoms with Crippen LogP contribution in [0.1, 0.15) is 63.2 Å². The van der Waals surface area contributed by atoms with E-state index < -0.39 is 23.2 Å². The first-order valence-corrected chi connectivity index (χ1v) is 11.4. The average molecular weight is 637 g/mol. The zero-order chi connectivity index (χ0) is 16.9.